The Balaban J connectivity index is 1.09. The van der Waals surface area contributed by atoms with Gasteiger partial charge >= 0.3 is 0 Å². The van der Waals surface area contributed by atoms with Crippen molar-refractivity contribution in [1.29, 1.82) is 0 Å². The predicted octanol–water partition coefficient (Wildman–Crippen LogP) is 18.4. The zero-order chi connectivity index (χ0) is 42.8. The highest BCUT2D eigenvalue weighted by molar-refractivity contribution is 7.26. The summed E-state index contributed by atoms with van der Waals surface area (Å²) in [7, 11) is 0. The number of hydrogen-bond acceptors (Lipinski definition) is 3. The Hall–Kier alpha value is -8.24. The third kappa shape index (κ3) is 6.16. The molecule has 0 radical (unpaired) electrons. The van der Waals surface area contributed by atoms with E-state index >= 15 is 0 Å². The predicted molar refractivity (Wildman–Crippen MR) is 278 cm³/mol. The van der Waals surface area contributed by atoms with Gasteiger partial charge in [-0.15, -0.1) is 11.3 Å². The Kier molecular flexibility index (Phi) is 8.75. The van der Waals surface area contributed by atoms with E-state index in [-0.39, 0.29) is 0 Å². The molecule has 0 unspecified atom stereocenters. The molecule has 0 aliphatic heterocycles. The van der Waals surface area contributed by atoms with Gasteiger partial charge in [0.2, 0.25) is 0 Å². The molecule has 0 aliphatic carbocycles. The molecule has 2 heterocycles. The molecule has 304 valence electrons. The third-order valence-corrected chi connectivity index (χ3v) is 14.3. The van der Waals surface area contributed by atoms with E-state index in [9.17, 15) is 0 Å². The minimum Gasteiger partial charge on any atom is -0.455 e. The number of fused-ring (bicyclic) bond motifs is 9. The van der Waals surface area contributed by atoms with Crippen molar-refractivity contribution in [2.75, 3.05) is 4.90 Å². The van der Waals surface area contributed by atoms with Crippen LogP contribution in [0.25, 0.3) is 108 Å². The van der Waals surface area contributed by atoms with E-state index in [0.29, 0.717) is 0 Å². The number of benzene rings is 11. The Labute approximate surface area is 380 Å². The first-order valence-corrected chi connectivity index (χ1v) is 23.0. The number of thiophene rings is 1. The molecule has 13 aromatic rings. The van der Waals surface area contributed by atoms with Crippen LogP contribution in [-0.4, -0.2) is 0 Å². The Morgan fingerprint density at radius 3 is 1.63 bits per heavy atom. The smallest absolute Gasteiger partial charge is 0.143 e. The Bertz CT molecular complexity index is 3920. The summed E-state index contributed by atoms with van der Waals surface area (Å²) in [6.07, 6.45) is 0. The monoisotopic (exact) mass is 845 g/mol. The number of furan rings is 1. The highest BCUT2D eigenvalue weighted by atomic mass is 32.1. The van der Waals surface area contributed by atoms with Crippen molar-refractivity contribution in [3.8, 4) is 44.5 Å². The second kappa shape index (κ2) is 15.2. The summed E-state index contributed by atoms with van der Waals surface area (Å²) in [5, 5.41) is 9.28. The third-order valence-electron chi connectivity index (χ3n) is 13.1. The van der Waals surface area contributed by atoms with Crippen LogP contribution in [0.3, 0.4) is 0 Å². The van der Waals surface area contributed by atoms with Gasteiger partial charge in [0, 0.05) is 48.3 Å². The summed E-state index contributed by atoms with van der Waals surface area (Å²) in [6.45, 7) is 0. The molecule has 2 nitrogen and oxygen atoms in total. The van der Waals surface area contributed by atoms with Crippen molar-refractivity contribution in [3.63, 3.8) is 0 Å². The average Bonchev–Trinajstić information content (AvgIpc) is 3.96. The van der Waals surface area contributed by atoms with Crippen molar-refractivity contribution < 1.29 is 4.42 Å². The van der Waals surface area contributed by atoms with Crippen molar-refractivity contribution in [2.24, 2.45) is 0 Å². The van der Waals surface area contributed by atoms with Crippen LogP contribution in [0.1, 0.15) is 0 Å². The topological polar surface area (TPSA) is 16.4 Å². The summed E-state index contributed by atoms with van der Waals surface area (Å²) >= 11 is 1.86. The first-order valence-electron chi connectivity index (χ1n) is 22.2. The molecule has 0 saturated carbocycles. The number of rotatable bonds is 7. The molecule has 13 rings (SSSR count). The lowest BCUT2D eigenvalue weighted by Crippen LogP contribution is -2.10. The van der Waals surface area contributed by atoms with Crippen LogP contribution in [0.15, 0.2) is 241 Å². The van der Waals surface area contributed by atoms with Crippen LogP contribution in [-0.2, 0) is 0 Å². The molecular weight excluding hydrogens is 807 g/mol. The van der Waals surface area contributed by atoms with E-state index in [1.54, 1.807) is 0 Å². The van der Waals surface area contributed by atoms with Gasteiger partial charge in [-0.3, -0.25) is 0 Å². The van der Waals surface area contributed by atoms with E-state index in [0.717, 1.165) is 72.0 Å². The summed E-state index contributed by atoms with van der Waals surface area (Å²) in [5.74, 6) is 0. The first-order chi connectivity index (χ1) is 32.2. The van der Waals surface area contributed by atoms with Crippen LogP contribution in [0.4, 0.5) is 17.1 Å². The lowest BCUT2D eigenvalue weighted by atomic mass is 9.89. The van der Waals surface area contributed by atoms with Crippen molar-refractivity contribution in [2.45, 2.75) is 0 Å². The highest BCUT2D eigenvalue weighted by Crippen LogP contribution is 2.51. The van der Waals surface area contributed by atoms with Gasteiger partial charge in [0.25, 0.3) is 0 Å². The molecule has 2 aromatic heterocycles. The minimum atomic E-state index is 0.883. The molecule has 0 N–H and O–H groups in total. The minimum absolute atomic E-state index is 0.883. The number of anilines is 3. The quantitative estimate of drug-likeness (QED) is 0.159. The van der Waals surface area contributed by atoms with Crippen molar-refractivity contribution in [1.82, 2.24) is 0 Å². The van der Waals surface area contributed by atoms with Crippen molar-refractivity contribution >= 4 is 92.1 Å². The van der Waals surface area contributed by atoms with Gasteiger partial charge in [-0.2, -0.15) is 0 Å². The van der Waals surface area contributed by atoms with Gasteiger partial charge in [-0.25, -0.2) is 0 Å². The zero-order valence-corrected chi connectivity index (χ0v) is 36.1. The molecule has 65 heavy (non-hydrogen) atoms. The van der Waals surface area contributed by atoms with Crippen LogP contribution in [0, 0.1) is 0 Å². The molecule has 0 aliphatic rings. The molecule has 0 atom stereocenters. The molecular formula is C62H39NOS. The van der Waals surface area contributed by atoms with Gasteiger partial charge in [-0.05, 0) is 86.1 Å². The maximum atomic E-state index is 7.36. The lowest BCUT2D eigenvalue weighted by Gasteiger charge is -2.28. The maximum absolute atomic E-state index is 7.36. The van der Waals surface area contributed by atoms with Crippen LogP contribution >= 0.6 is 11.3 Å². The summed E-state index contributed by atoms with van der Waals surface area (Å²) in [6, 6.07) is 85.8. The molecule has 0 saturated heterocycles. The van der Waals surface area contributed by atoms with Gasteiger partial charge in [-0.1, -0.05) is 200 Å². The summed E-state index contributed by atoms with van der Waals surface area (Å²) in [4.78, 5) is 2.47. The van der Waals surface area contributed by atoms with E-state index < -0.39 is 0 Å². The number of nitrogens with zero attached hydrogens (tertiary/aromatic N) is 1. The SMILES string of the molecule is c1ccc(-c2ccc(-c3ccc4c(oc5c6ccccc6c(N(c6ccc(-c7ccccc7)cc6)c6cccc7c6sc6ccccc67)cc45)c3-c3cccc4ccccc34)cc2)cc1. The van der Waals surface area contributed by atoms with Gasteiger partial charge in [0.1, 0.15) is 11.2 Å². The van der Waals surface area contributed by atoms with Crippen LogP contribution in [0.5, 0.6) is 0 Å². The van der Waals surface area contributed by atoms with E-state index in [4.69, 9.17) is 4.42 Å². The van der Waals surface area contributed by atoms with Crippen molar-refractivity contribution in [3.05, 3.63) is 237 Å². The fourth-order valence-corrected chi connectivity index (χ4v) is 11.2. The number of hydrogen-bond donors (Lipinski definition) is 0. The van der Waals surface area contributed by atoms with Gasteiger partial charge in [0.05, 0.1) is 16.1 Å². The fourth-order valence-electron chi connectivity index (χ4n) is 10.0. The maximum Gasteiger partial charge on any atom is 0.143 e. The summed E-state index contributed by atoms with van der Waals surface area (Å²) in [5.41, 5.74) is 14.4. The zero-order valence-electron chi connectivity index (χ0n) is 35.3. The lowest BCUT2D eigenvalue weighted by molar-refractivity contribution is 0.674. The largest absolute Gasteiger partial charge is 0.455 e. The Morgan fingerprint density at radius 2 is 0.877 bits per heavy atom. The highest BCUT2D eigenvalue weighted by Gasteiger charge is 2.25. The van der Waals surface area contributed by atoms with E-state index in [1.807, 2.05) is 11.3 Å². The molecule has 0 amide bonds. The second-order valence-corrected chi connectivity index (χ2v) is 17.8. The van der Waals surface area contributed by atoms with Crippen LogP contribution < -0.4 is 4.90 Å². The van der Waals surface area contributed by atoms with Gasteiger partial charge < -0.3 is 9.32 Å². The molecule has 0 fully saturated rings. The second-order valence-electron chi connectivity index (χ2n) is 16.8. The average molecular weight is 846 g/mol. The normalized spacial score (nSPS) is 11.7. The Morgan fingerprint density at radius 1 is 0.323 bits per heavy atom. The molecule has 11 aromatic carbocycles. The summed E-state index contributed by atoms with van der Waals surface area (Å²) < 4.78 is 9.89. The fraction of sp³-hybridized carbons (Fsp3) is 0. The van der Waals surface area contributed by atoms with E-state index in [1.165, 1.54) is 53.2 Å². The molecule has 3 heteroatoms. The van der Waals surface area contributed by atoms with Gasteiger partial charge in [0.15, 0.2) is 0 Å². The molecule has 0 spiro atoms. The standard InChI is InChI=1S/C62H39NOS/c1-3-15-40(16-4-1)42-29-31-45(32-30-42)48-37-38-53-55-39-57(49-22-9-10-24-52(49)60(55)64-61(53)59(48)51-25-13-20-44-19-7-8-21-47(44)51)63(46-35-33-43(34-36-46)41-17-5-2-6-18-41)56-27-14-26-54-50-23-11-12-28-58(50)65-62(54)56/h1-39H. The van der Waals surface area contributed by atoms with Crippen LogP contribution in [0.2, 0.25) is 0 Å². The van der Waals surface area contributed by atoms with E-state index in [2.05, 4.69) is 241 Å². The molecule has 0 bridgehead atoms. The first kappa shape index (κ1) is 37.3.